The Hall–Kier alpha value is -1.29. The van der Waals surface area contributed by atoms with Crippen LogP contribution in [0.5, 0.6) is 0 Å². The Morgan fingerprint density at radius 3 is 3.08 bits per heavy atom. The summed E-state index contributed by atoms with van der Waals surface area (Å²) in [6.45, 7) is 0.671. The molecule has 13 heavy (non-hydrogen) atoms. The largest absolute Gasteiger partial charge is 0.495 e. The van der Waals surface area contributed by atoms with Crippen molar-refractivity contribution in [2.75, 3.05) is 6.61 Å². The van der Waals surface area contributed by atoms with E-state index in [0.717, 1.165) is 12.1 Å². The highest BCUT2D eigenvalue weighted by molar-refractivity contribution is 5.16. The zero-order chi connectivity index (χ0) is 9.26. The maximum absolute atomic E-state index is 9.84. The van der Waals surface area contributed by atoms with E-state index in [4.69, 9.17) is 4.74 Å². The number of aryl methyl sites for hydroxylation is 1. The van der Waals surface area contributed by atoms with Gasteiger partial charge in [0.1, 0.15) is 5.76 Å². The summed E-state index contributed by atoms with van der Waals surface area (Å²) in [6, 6.07) is 1.78. The van der Waals surface area contributed by atoms with Crippen molar-refractivity contribution < 1.29 is 9.84 Å². The van der Waals surface area contributed by atoms with Crippen LogP contribution in [0.25, 0.3) is 0 Å². The topological polar surface area (TPSA) is 47.3 Å². The molecule has 0 bridgehead atoms. The van der Waals surface area contributed by atoms with E-state index in [1.807, 2.05) is 6.08 Å². The fourth-order valence-corrected chi connectivity index (χ4v) is 1.43. The van der Waals surface area contributed by atoms with Crippen LogP contribution < -0.4 is 0 Å². The molecule has 0 fully saturated rings. The molecule has 2 heterocycles. The molecule has 0 amide bonds. The number of hydrogen-bond acceptors (Lipinski definition) is 3. The molecule has 1 aliphatic rings. The highest BCUT2D eigenvalue weighted by atomic mass is 16.5. The maximum atomic E-state index is 9.84. The van der Waals surface area contributed by atoms with Crippen molar-refractivity contribution >= 4 is 0 Å². The molecule has 2 rings (SSSR count). The highest BCUT2D eigenvalue weighted by Gasteiger charge is 2.20. The lowest BCUT2D eigenvalue weighted by Gasteiger charge is -2.11. The first kappa shape index (κ1) is 8.31. The van der Waals surface area contributed by atoms with E-state index < -0.39 is 6.10 Å². The Morgan fingerprint density at radius 2 is 2.54 bits per heavy atom. The standard InChI is InChI=1S/C9H12N2O2/c1-11-7(4-5-10-11)9(12)8-3-2-6-13-8/h3-5,9,12H,2,6H2,1H3. The molecule has 0 radical (unpaired) electrons. The van der Waals surface area contributed by atoms with Crippen LogP contribution in [0.2, 0.25) is 0 Å². The van der Waals surface area contributed by atoms with Crippen LogP contribution >= 0.6 is 0 Å². The Labute approximate surface area is 76.4 Å². The number of ether oxygens (including phenoxy) is 1. The molecular weight excluding hydrogens is 168 g/mol. The number of hydrogen-bond donors (Lipinski definition) is 1. The Kier molecular flexibility index (Phi) is 2.06. The summed E-state index contributed by atoms with van der Waals surface area (Å²) in [5.41, 5.74) is 0.758. The lowest BCUT2D eigenvalue weighted by atomic mass is 10.2. The van der Waals surface area contributed by atoms with E-state index in [1.54, 1.807) is 24.0 Å². The molecule has 1 unspecified atom stereocenters. The molecule has 0 aliphatic carbocycles. The van der Waals surface area contributed by atoms with E-state index in [2.05, 4.69) is 5.10 Å². The molecule has 70 valence electrons. The molecule has 0 saturated carbocycles. The third-order valence-corrected chi connectivity index (χ3v) is 2.14. The van der Waals surface area contributed by atoms with E-state index >= 15 is 0 Å². The average molecular weight is 180 g/mol. The Bertz CT molecular complexity index is 330. The first-order valence-electron chi connectivity index (χ1n) is 4.28. The first-order valence-corrected chi connectivity index (χ1v) is 4.28. The van der Waals surface area contributed by atoms with Crippen molar-refractivity contribution in [3.63, 3.8) is 0 Å². The van der Waals surface area contributed by atoms with Crippen molar-refractivity contribution in [3.8, 4) is 0 Å². The number of aromatic nitrogens is 2. The van der Waals surface area contributed by atoms with Crippen LogP contribution in [-0.4, -0.2) is 21.5 Å². The van der Waals surface area contributed by atoms with Gasteiger partial charge in [-0.25, -0.2) is 0 Å². The summed E-state index contributed by atoms with van der Waals surface area (Å²) >= 11 is 0. The zero-order valence-electron chi connectivity index (χ0n) is 7.47. The van der Waals surface area contributed by atoms with Gasteiger partial charge < -0.3 is 9.84 Å². The van der Waals surface area contributed by atoms with Gasteiger partial charge >= 0.3 is 0 Å². The van der Waals surface area contributed by atoms with E-state index in [1.165, 1.54) is 0 Å². The molecule has 1 N–H and O–H groups in total. The van der Waals surface area contributed by atoms with Gasteiger partial charge in [-0.3, -0.25) is 4.68 Å². The van der Waals surface area contributed by atoms with Crippen LogP contribution in [0, 0.1) is 0 Å². The number of aliphatic hydroxyl groups is 1. The van der Waals surface area contributed by atoms with E-state index in [-0.39, 0.29) is 0 Å². The summed E-state index contributed by atoms with van der Waals surface area (Å²) in [6.07, 6.45) is 3.78. The van der Waals surface area contributed by atoms with Crippen LogP contribution in [0.4, 0.5) is 0 Å². The fraction of sp³-hybridized carbons (Fsp3) is 0.444. The average Bonchev–Trinajstić information content (AvgIpc) is 2.72. The number of nitrogens with zero attached hydrogens (tertiary/aromatic N) is 2. The summed E-state index contributed by atoms with van der Waals surface area (Å²) in [7, 11) is 1.80. The number of rotatable bonds is 2. The molecule has 0 saturated heterocycles. The minimum absolute atomic E-state index is 0.642. The normalized spacial score (nSPS) is 18.2. The van der Waals surface area contributed by atoms with Gasteiger partial charge in [0, 0.05) is 19.7 Å². The minimum atomic E-state index is -0.671. The zero-order valence-corrected chi connectivity index (χ0v) is 7.47. The van der Waals surface area contributed by atoms with Gasteiger partial charge in [0.2, 0.25) is 0 Å². The van der Waals surface area contributed by atoms with Crippen molar-refractivity contribution in [2.45, 2.75) is 12.5 Å². The van der Waals surface area contributed by atoms with Gasteiger partial charge in [-0.05, 0) is 12.1 Å². The molecule has 1 aromatic heterocycles. The van der Waals surface area contributed by atoms with E-state index in [0.29, 0.717) is 12.4 Å². The van der Waals surface area contributed by atoms with Gasteiger partial charge in [-0.1, -0.05) is 0 Å². The smallest absolute Gasteiger partial charge is 0.152 e. The lowest BCUT2D eigenvalue weighted by Crippen LogP contribution is -2.08. The quantitative estimate of drug-likeness (QED) is 0.730. The first-order chi connectivity index (χ1) is 6.29. The van der Waals surface area contributed by atoms with Crippen LogP contribution in [-0.2, 0) is 11.8 Å². The summed E-state index contributed by atoms with van der Waals surface area (Å²) in [5.74, 6) is 0.642. The second kappa shape index (κ2) is 3.22. The van der Waals surface area contributed by atoms with Crippen molar-refractivity contribution in [1.82, 2.24) is 9.78 Å². The predicted octanol–water partition coefficient (Wildman–Crippen LogP) is 0.758. The van der Waals surface area contributed by atoms with Crippen LogP contribution in [0.1, 0.15) is 18.2 Å². The maximum Gasteiger partial charge on any atom is 0.152 e. The lowest BCUT2D eigenvalue weighted by molar-refractivity contribution is 0.113. The summed E-state index contributed by atoms with van der Waals surface area (Å²) in [5, 5.41) is 13.8. The summed E-state index contributed by atoms with van der Waals surface area (Å²) < 4.78 is 6.91. The molecular formula is C9H12N2O2. The van der Waals surface area contributed by atoms with Gasteiger partial charge in [-0.2, -0.15) is 5.10 Å². The van der Waals surface area contributed by atoms with Gasteiger partial charge in [0.25, 0.3) is 0 Å². The molecule has 1 atom stereocenters. The highest BCUT2D eigenvalue weighted by Crippen LogP contribution is 2.25. The second-order valence-corrected chi connectivity index (χ2v) is 3.03. The van der Waals surface area contributed by atoms with Crippen molar-refractivity contribution in [3.05, 3.63) is 29.8 Å². The fourth-order valence-electron chi connectivity index (χ4n) is 1.43. The van der Waals surface area contributed by atoms with E-state index in [9.17, 15) is 5.11 Å². The van der Waals surface area contributed by atoms with Crippen molar-refractivity contribution in [1.29, 1.82) is 0 Å². The molecule has 4 nitrogen and oxygen atoms in total. The minimum Gasteiger partial charge on any atom is -0.495 e. The Morgan fingerprint density at radius 1 is 1.69 bits per heavy atom. The van der Waals surface area contributed by atoms with Gasteiger partial charge in [0.05, 0.1) is 12.3 Å². The molecule has 4 heteroatoms. The molecule has 0 aromatic carbocycles. The Balaban J connectivity index is 2.21. The van der Waals surface area contributed by atoms with Gasteiger partial charge in [-0.15, -0.1) is 0 Å². The van der Waals surface area contributed by atoms with Gasteiger partial charge in [0.15, 0.2) is 6.10 Å². The second-order valence-electron chi connectivity index (χ2n) is 3.03. The summed E-state index contributed by atoms with van der Waals surface area (Å²) in [4.78, 5) is 0. The van der Waals surface area contributed by atoms with Crippen molar-refractivity contribution in [2.24, 2.45) is 7.05 Å². The molecule has 0 spiro atoms. The third kappa shape index (κ3) is 1.45. The monoisotopic (exact) mass is 180 g/mol. The predicted molar refractivity (Wildman–Crippen MR) is 46.8 cm³/mol. The molecule has 1 aliphatic heterocycles. The third-order valence-electron chi connectivity index (χ3n) is 2.14. The van der Waals surface area contributed by atoms with Crippen LogP contribution in [0.15, 0.2) is 24.1 Å². The number of aliphatic hydroxyl groups excluding tert-OH is 1. The van der Waals surface area contributed by atoms with Crippen LogP contribution in [0.3, 0.4) is 0 Å². The molecule has 1 aromatic rings. The SMILES string of the molecule is Cn1nccc1C(O)C1=CCCO1.